The van der Waals surface area contributed by atoms with E-state index in [4.69, 9.17) is 0 Å². The Balaban J connectivity index is 2.15. The van der Waals surface area contributed by atoms with Crippen LogP contribution in [0.2, 0.25) is 0 Å². The first-order valence-corrected chi connectivity index (χ1v) is 5.33. The Morgan fingerprint density at radius 1 is 1.21 bits per heavy atom. The first-order valence-electron chi connectivity index (χ1n) is 5.33. The van der Waals surface area contributed by atoms with Crippen molar-refractivity contribution < 1.29 is 0 Å². The third kappa shape index (κ3) is 1.07. The normalized spacial score (nSPS) is 18.4. The maximum Gasteiger partial charge on any atom is -0.00168 e. The van der Waals surface area contributed by atoms with Gasteiger partial charge in [-0.1, -0.05) is 35.9 Å². The fraction of sp³-hybridized carbons (Fsp3) is 0.286. The van der Waals surface area contributed by atoms with Gasteiger partial charge >= 0.3 is 0 Å². The summed E-state index contributed by atoms with van der Waals surface area (Å²) in [5, 5.41) is 0. The lowest BCUT2D eigenvalue weighted by atomic mass is 9.97. The first kappa shape index (κ1) is 8.05. The van der Waals surface area contributed by atoms with E-state index < -0.39 is 0 Å². The minimum atomic E-state index is 1.16. The van der Waals surface area contributed by atoms with E-state index in [1.54, 1.807) is 11.1 Å². The van der Waals surface area contributed by atoms with Gasteiger partial charge in [0.15, 0.2) is 0 Å². The summed E-state index contributed by atoms with van der Waals surface area (Å²) in [6.07, 6.45) is 8.22. The second-order valence-corrected chi connectivity index (χ2v) is 4.28. The number of fused-ring (bicyclic) bond motifs is 2. The molecule has 0 unspecified atom stereocenters. The van der Waals surface area contributed by atoms with Crippen molar-refractivity contribution >= 4 is 5.57 Å². The van der Waals surface area contributed by atoms with Gasteiger partial charge in [-0.3, -0.25) is 0 Å². The van der Waals surface area contributed by atoms with Gasteiger partial charge < -0.3 is 0 Å². The van der Waals surface area contributed by atoms with Gasteiger partial charge in [-0.2, -0.15) is 0 Å². The summed E-state index contributed by atoms with van der Waals surface area (Å²) < 4.78 is 0. The molecule has 0 bridgehead atoms. The number of aryl methyl sites for hydroxylation is 1. The lowest BCUT2D eigenvalue weighted by molar-refractivity contribution is 1.04. The topological polar surface area (TPSA) is 0 Å². The number of allylic oxidation sites excluding steroid dienone is 4. The summed E-state index contributed by atoms with van der Waals surface area (Å²) in [4.78, 5) is 0. The van der Waals surface area contributed by atoms with Gasteiger partial charge in [0.05, 0.1) is 0 Å². The van der Waals surface area contributed by atoms with Crippen molar-refractivity contribution in [2.75, 3.05) is 0 Å². The third-order valence-electron chi connectivity index (χ3n) is 3.23. The highest BCUT2D eigenvalue weighted by molar-refractivity contribution is 5.79. The van der Waals surface area contributed by atoms with E-state index >= 15 is 0 Å². The average molecular weight is 182 g/mol. The van der Waals surface area contributed by atoms with Gasteiger partial charge in [-0.05, 0) is 48.5 Å². The number of hydrogen-bond donors (Lipinski definition) is 0. The molecule has 0 aliphatic heterocycles. The predicted molar refractivity (Wildman–Crippen MR) is 60.2 cm³/mol. The maximum absolute atomic E-state index is 2.33. The summed E-state index contributed by atoms with van der Waals surface area (Å²) >= 11 is 0. The van der Waals surface area contributed by atoms with Crippen LogP contribution in [0.15, 0.2) is 35.9 Å². The predicted octanol–water partition coefficient (Wildman–Crippen LogP) is 3.65. The van der Waals surface area contributed by atoms with Crippen LogP contribution in [-0.4, -0.2) is 0 Å². The Morgan fingerprint density at radius 3 is 3.07 bits per heavy atom. The molecule has 0 amide bonds. The highest BCUT2D eigenvalue weighted by Crippen LogP contribution is 2.38. The Labute approximate surface area is 85.0 Å². The van der Waals surface area contributed by atoms with Crippen molar-refractivity contribution in [2.24, 2.45) is 0 Å². The molecule has 0 aromatic heterocycles. The minimum Gasteiger partial charge on any atom is -0.0839 e. The molecular weight excluding hydrogens is 168 g/mol. The van der Waals surface area contributed by atoms with Crippen molar-refractivity contribution in [3.63, 3.8) is 0 Å². The van der Waals surface area contributed by atoms with Crippen LogP contribution < -0.4 is 0 Å². The van der Waals surface area contributed by atoms with Gasteiger partial charge in [0.25, 0.3) is 0 Å². The van der Waals surface area contributed by atoms with Crippen LogP contribution >= 0.6 is 0 Å². The zero-order chi connectivity index (χ0) is 9.54. The van der Waals surface area contributed by atoms with Crippen LogP contribution in [0.4, 0.5) is 0 Å². The zero-order valence-corrected chi connectivity index (χ0v) is 8.51. The molecule has 0 saturated heterocycles. The fourth-order valence-corrected chi connectivity index (χ4v) is 2.56. The minimum absolute atomic E-state index is 1.16. The van der Waals surface area contributed by atoms with Crippen molar-refractivity contribution in [1.82, 2.24) is 0 Å². The van der Waals surface area contributed by atoms with E-state index in [0.717, 1.165) is 6.42 Å². The average Bonchev–Trinajstić information content (AvgIpc) is 2.54. The molecule has 0 heteroatoms. The van der Waals surface area contributed by atoms with Gasteiger partial charge in [-0.25, -0.2) is 0 Å². The molecule has 1 aromatic rings. The Kier molecular flexibility index (Phi) is 1.63. The van der Waals surface area contributed by atoms with Crippen molar-refractivity contribution in [3.8, 4) is 0 Å². The highest BCUT2D eigenvalue weighted by atomic mass is 14.2. The van der Waals surface area contributed by atoms with E-state index in [1.807, 2.05) is 0 Å². The summed E-state index contributed by atoms with van der Waals surface area (Å²) in [6, 6.07) is 6.86. The lowest BCUT2D eigenvalue weighted by Crippen LogP contribution is -1.87. The van der Waals surface area contributed by atoms with Crippen LogP contribution in [0, 0.1) is 6.92 Å². The molecule has 0 radical (unpaired) electrons. The molecule has 0 nitrogen and oxygen atoms in total. The van der Waals surface area contributed by atoms with Crippen molar-refractivity contribution in [2.45, 2.75) is 26.2 Å². The smallest absolute Gasteiger partial charge is 0.00168 e. The van der Waals surface area contributed by atoms with E-state index in [1.165, 1.54) is 29.5 Å². The number of benzene rings is 1. The summed E-state index contributed by atoms with van der Waals surface area (Å²) in [5.74, 6) is 0. The lowest BCUT2D eigenvalue weighted by Gasteiger charge is -2.08. The quantitative estimate of drug-likeness (QED) is 0.574. The standard InChI is InChI=1S/C14H14/c1-10-6-7-14-12(8-10)9-11-4-2-3-5-13(11)14/h2,4,6-8H,3,5,9H2,1H3. The summed E-state index contributed by atoms with van der Waals surface area (Å²) in [5.41, 5.74) is 7.57. The molecule has 0 fully saturated rings. The molecule has 0 atom stereocenters. The molecule has 2 aliphatic rings. The van der Waals surface area contributed by atoms with E-state index in [-0.39, 0.29) is 0 Å². The van der Waals surface area contributed by atoms with Crippen molar-refractivity contribution in [3.05, 3.63) is 52.6 Å². The molecule has 0 spiro atoms. The van der Waals surface area contributed by atoms with E-state index in [0.29, 0.717) is 0 Å². The van der Waals surface area contributed by atoms with Crippen LogP contribution in [0.1, 0.15) is 29.5 Å². The third-order valence-corrected chi connectivity index (χ3v) is 3.23. The van der Waals surface area contributed by atoms with Crippen LogP contribution in [0.3, 0.4) is 0 Å². The first-order chi connectivity index (χ1) is 6.84. The zero-order valence-electron chi connectivity index (χ0n) is 8.51. The molecule has 0 heterocycles. The molecule has 70 valence electrons. The Morgan fingerprint density at radius 2 is 2.14 bits per heavy atom. The SMILES string of the molecule is Cc1ccc2c(c1)CC1=C2CCC=C1. The molecule has 3 rings (SSSR count). The Hall–Kier alpha value is -1.30. The largest absolute Gasteiger partial charge is 0.0839 e. The summed E-state index contributed by atoms with van der Waals surface area (Å²) in [6.45, 7) is 2.17. The number of rotatable bonds is 0. The van der Waals surface area contributed by atoms with Gasteiger partial charge in [0.2, 0.25) is 0 Å². The van der Waals surface area contributed by atoms with Gasteiger partial charge in [0, 0.05) is 0 Å². The maximum atomic E-state index is 2.33. The van der Waals surface area contributed by atoms with Gasteiger partial charge in [-0.15, -0.1) is 0 Å². The second kappa shape index (κ2) is 2.84. The molecule has 14 heavy (non-hydrogen) atoms. The van der Waals surface area contributed by atoms with Gasteiger partial charge in [0.1, 0.15) is 0 Å². The van der Waals surface area contributed by atoms with E-state index in [2.05, 4.69) is 37.3 Å². The molecule has 0 N–H and O–H groups in total. The second-order valence-electron chi connectivity index (χ2n) is 4.28. The monoisotopic (exact) mass is 182 g/mol. The molecular formula is C14H14. The molecule has 0 saturated carbocycles. The van der Waals surface area contributed by atoms with Crippen LogP contribution in [0.5, 0.6) is 0 Å². The Bertz CT molecular complexity index is 447. The molecule has 1 aromatic carbocycles. The van der Waals surface area contributed by atoms with Crippen LogP contribution in [0.25, 0.3) is 5.57 Å². The van der Waals surface area contributed by atoms with Crippen molar-refractivity contribution in [1.29, 1.82) is 0 Å². The summed E-state index contributed by atoms with van der Waals surface area (Å²) in [7, 11) is 0. The highest BCUT2D eigenvalue weighted by Gasteiger charge is 2.20. The fourth-order valence-electron chi connectivity index (χ4n) is 2.56. The van der Waals surface area contributed by atoms with E-state index in [9.17, 15) is 0 Å². The molecule has 2 aliphatic carbocycles. The number of hydrogen-bond acceptors (Lipinski definition) is 0. The van der Waals surface area contributed by atoms with Crippen LogP contribution in [-0.2, 0) is 6.42 Å².